The lowest BCUT2D eigenvalue weighted by Gasteiger charge is -2.47. The van der Waals surface area contributed by atoms with Crippen LogP contribution < -0.4 is 4.72 Å². The summed E-state index contributed by atoms with van der Waals surface area (Å²) in [5.41, 5.74) is -2.65. The molecule has 0 unspecified atom stereocenters. The first-order valence-corrected chi connectivity index (χ1v) is 21.9. The largest absolute Gasteiger partial charge is 0.458 e. The number of methoxy groups -OCH3 is 1. The van der Waals surface area contributed by atoms with Crippen LogP contribution in [0.25, 0.3) is 10.9 Å². The molecule has 0 bridgehead atoms. The van der Waals surface area contributed by atoms with Crippen LogP contribution >= 0.6 is 0 Å². The Hall–Kier alpha value is -3.58. The Bertz CT molecular complexity index is 1980. The van der Waals surface area contributed by atoms with Crippen LogP contribution in [-0.2, 0) is 48.1 Å². The highest BCUT2D eigenvalue weighted by molar-refractivity contribution is 7.89. The van der Waals surface area contributed by atoms with Crippen molar-refractivity contribution in [1.29, 1.82) is 0 Å². The van der Waals surface area contributed by atoms with Gasteiger partial charge < -0.3 is 33.7 Å². The minimum Gasteiger partial charge on any atom is -0.458 e. The molecule has 0 spiro atoms. The van der Waals surface area contributed by atoms with Gasteiger partial charge in [0, 0.05) is 55.6 Å². The molecular formula is C42H62N4O12S. The number of rotatable bonds is 10. The van der Waals surface area contributed by atoms with E-state index in [9.17, 15) is 32.7 Å². The molecule has 3 aliphatic heterocycles. The van der Waals surface area contributed by atoms with Gasteiger partial charge in [-0.3, -0.25) is 24.3 Å². The number of pyridine rings is 1. The first-order valence-electron chi connectivity index (χ1n) is 20.4. The number of Topliss-reactive ketones (excluding diaryl/α,β-unsaturated/α-hetero) is 2. The van der Waals surface area contributed by atoms with E-state index >= 15 is 0 Å². The van der Waals surface area contributed by atoms with E-state index in [0.29, 0.717) is 11.8 Å². The number of sulfonamides is 1. The molecular weight excluding hydrogens is 785 g/mol. The predicted octanol–water partition coefficient (Wildman–Crippen LogP) is 3.72. The van der Waals surface area contributed by atoms with Crippen LogP contribution in [-0.4, -0.2) is 140 Å². The van der Waals surface area contributed by atoms with Crippen molar-refractivity contribution in [2.24, 2.45) is 23.7 Å². The zero-order valence-corrected chi connectivity index (χ0v) is 36.9. The van der Waals surface area contributed by atoms with Crippen molar-refractivity contribution in [1.82, 2.24) is 19.5 Å². The van der Waals surface area contributed by atoms with E-state index in [4.69, 9.17) is 23.7 Å². The summed E-state index contributed by atoms with van der Waals surface area (Å²) in [6, 6.07) is 6.92. The Kier molecular flexibility index (Phi) is 14.3. The smallest absolute Gasteiger partial charge is 0.410 e. The summed E-state index contributed by atoms with van der Waals surface area (Å²) >= 11 is 0. The molecule has 0 radical (unpaired) electrons. The number of carbonyl (C=O) groups excluding carboxylic acids is 4. The number of fused-ring (bicyclic) bond motifs is 2. The van der Waals surface area contributed by atoms with Gasteiger partial charge in [0.05, 0.1) is 29.4 Å². The number of hydrogen-bond acceptors (Lipinski definition) is 14. The van der Waals surface area contributed by atoms with E-state index in [1.165, 1.54) is 31.2 Å². The van der Waals surface area contributed by atoms with Gasteiger partial charge in [0.25, 0.3) is 0 Å². The average molecular weight is 847 g/mol. The van der Waals surface area contributed by atoms with Gasteiger partial charge in [0.15, 0.2) is 17.7 Å². The molecule has 0 saturated carbocycles. The Labute approximate surface area is 347 Å². The minimum absolute atomic E-state index is 0.0317. The molecule has 16 nitrogen and oxygen atoms in total. The highest BCUT2D eigenvalue weighted by Crippen LogP contribution is 2.43. The number of aliphatic hydroxyl groups excluding tert-OH is 1. The number of carbonyl (C=O) groups is 4. The number of esters is 1. The average Bonchev–Trinajstić information content (AvgIpc) is 3.46. The van der Waals surface area contributed by atoms with E-state index in [0.717, 1.165) is 0 Å². The lowest BCUT2D eigenvalue weighted by atomic mass is 9.73. The number of amides is 1. The number of nitrogens with zero attached hydrogens (tertiary/aromatic N) is 3. The number of likely N-dealkylation sites (N-methyl/N-ethyl adjacent to an activating group) is 1. The van der Waals surface area contributed by atoms with Crippen LogP contribution in [0.15, 0.2) is 41.4 Å². The summed E-state index contributed by atoms with van der Waals surface area (Å²) < 4.78 is 60.7. The third-order valence-corrected chi connectivity index (χ3v) is 14.2. The molecule has 17 heteroatoms. The minimum atomic E-state index is -4.11. The molecule has 3 fully saturated rings. The molecule has 1 aromatic heterocycles. The van der Waals surface area contributed by atoms with Crippen molar-refractivity contribution in [3.8, 4) is 0 Å². The Morgan fingerprint density at radius 3 is 2.34 bits per heavy atom. The molecule has 59 heavy (non-hydrogen) atoms. The zero-order valence-electron chi connectivity index (χ0n) is 36.0. The van der Waals surface area contributed by atoms with E-state index in [2.05, 4.69) is 9.71 Å². The Balaban J connectivity index is 1.50. The van der Waals surface area contributed by atoms with Gasteiger partial charge in [-0.1, -0.05) is 45.9 Å². The van der Waals surface area contributed by atoms with E-state index in [1.54, 1.807) is 65.8 Å². The predicted molar refractivity (Wildman–Crippen MR) is 216 cm³/mol. The normalized spacial score (nSPS) is 36.6. The van der Waals surface area contributed by atoms with Gasteiger partial charge in [-0.25, -0.2) is 17.9 Å². The lowest BCUT2D eigenvalue weighted by Crippen LogP contribution is -2.60. The van der Waals surface area contributed by atoms with Gasteiger partial charge in [0.1, 0.15) is 28.8 Å². The van der Waals surface area contributed by atoms with Crippen molar-refractivity contribution < 1.29 is 56.4 Å². The second-order valence-electron chi connectivity index (χ2n) is 17.1. The summed E-state index contributed by atoms with van der Waals surface area (Å²) in [5, 5.41) is 12.1. The van der Waals surface area contributed by atoms with E-state index in [-0.39, 0.29) is 54.3 Å². The van der Waals surface area contributed by atoms with Crippen LogP contribution in [0.1, 0.15) is 74.7 Å². The third kappa shape index (κ3) is 9.21. The fraction of sp³-hybridized carbons (Fsp3) is 0.690. The molecule has 3 aliphatic rings. The van der Waals surface area contributed by atoms with Gasteiger partial charge in [0.2, 0.25) is 10.0 Å². The van der Waals surface area contributed by atoms with Crippen LogP contribution in [0.2, 0.25) is 0 Å². The second kappa shape index (κ2) is 18.2. The van der Waals surface area contributed by atoms with Crippen molar-refractivity contribution in [2.45, 2.75) is 134 Å². The molecule has 3 saturated heterocycles. The summed E-state index contributed by atoms with van der Waals surface area (Å²) in [5.74, 6) is -5.66. The SMILES string of the molecule is CC[C@H]1OC(=O)[C@H](C)C(=O)[C@@H](C)[C@@H](O[C@@H]2O[C@H](C)C[C@H](N(C)C)[C@H]2O)[C@](C)(OC)C[C@@H](C)C(=O)[C@H](C)[C@@H]2N(CCNS(=O)(=O)c3cccc4cccnc34)C(=O)O[C@@]21C. The number of para-hydroxylation sites is 1. The third-order valence-electron chi connectivity index (χ3n) is 12.7. The van der Waals surface area contributed by atoms with Gasteiger partial charge in [-0.15, -0.1) is 0 Å². The van der Waals surface area contributed by atoms with Crippen molar-refractivity contribution in [3.63, 3.8) is 0 Å². The zero-order chi connectivity index (χ0) is 43.8. The topological polar surface area (TPSA) is 200 Å². The molecule has 1 aromatic carbocycles. The standard InChI is InChI=1S/C42H62N4O12S/c1-12-31-42(8)36(46(40(51)58-42)20-19-44-59(52,53)30-17-13-15-28-16-14-18-43-32(28)30)25(4)33(47)23(2)22-41(7,54-11)37(26(5)34(48)27(6)38(50)56-31)57-39-35(49)29(45(9)10)21-24(3)55-39/h13-18,23-27,29,31,35-37,39,44,49H,12,19-22H2,1-11H3/t23-,24-,25+,26-,27-,29+,31-,35-,36+,37-,39+,41-,42-/m1/s1. The van der Waals surface area contributed by atoms with Crippen LogP contribution in [0.3, 0.4) is 0 Å². The van der Waals surface area contributed by atoms with Crippen molar-refractivity contribution in [3.05, 3.63) is 36.5 Å². The highest BCUT2D eigenvalue weighted by atomic mass is 32.2. The summed E-state index contributed by atoms with van der Waals surface area (Å²) in [6.45, 7) is 12.9. The monoisotopic (exact) mass is 846 g/mol. The number of ether oxygens (including phenoxy) is 5. The molecule has 0 aliphatic carbocycles. The van der Waals surface area contributed by atoms with Gasteiger partial charge >= 0.3 is 12.1 Å². The maximum Gasteiger partial charge on any atom is 0.410 e. The Morgan fingerprint density at radius 1 is 1.02 bits per heavy atom. The molecule has 2 N–H and O–H groups in total. The Morgan fingerprint density at radius 2 is 1.69 bits per heavy atom. The first kappa shape index (κ1) is 46.5. The first-order chi connectivity index (χ1) is 27.6. The second-order valence-corrected chi connectivity index (χ2v) is 18.8. The van der Waals surface area contributed by atoms with Crippen molar-refractivity contribution in [2.75, 3.05) is 34.3 Å². The summed E-state index contributed by atoms with van der Waals surface area (Å²) in [6.07, 6.45) is -3.35. The number of aromatic nitrogens is 1. The maximum absolute atomic E-state index is 14.7. The molecule has 328 valence electrons. The summed E-state index contributed by atoms with van der Waals surface area (Å²) in [7, 11) is 1.03. The van der Waals surface area contributed by atoms with E-state index in [1.807, 2.05) is 25.9 Å². The number of nitrogens with one attached hydrogen (secondary N) is 1. The van der Waals surface area contributed by atoms with E-state index < -0.39 is 93.4 Å². The number of hydrogen-bond donors (Lipinski definition) is 2. The van der Waals surface area contributed by atoms with Crippen molar-refractivity contribution >= 4 is 44.6 Å². The van der Waals surface area contributed by atoms with Gasteiger partial charge in [-0.2, -0.15) is 0 Å². The molecule has 4 heterocycles. The fourth-order valence-electron chi connectivity index (χ4n) is 9.38. The number of cyclic esters (lactones) is 1. The maximum atomic E-state index is 14.7. The highest BCUT2D eigenvalue weighted by Gasteiger charge is 2.60. The quantitative estimate of drug-likeness (QED) is 0.259. The molecule has 13 atom stereocenters. The lowest BCUT2D eigenvalue weighted by molar-refractivity contribution is -0.295. The molecule has 5 rings (SSSR count). The van der Waals surface area contributed by atoms with Crippen LogP contribution in [0, 0.1) is 23.7 Å². The van der Waals surface area contributed by atoms with Crippen LogP contribution in [0.4, 0.5) is 4.79 Å². The fourth-order valence-corrected chi connectivity index (χ4v) is 10.6. The molecule has 1 amide bonds. The van der Waals surface area contributed by atoms with Gasteiger partial charge in [-0.05, 0) is 73.2 Å². The molecule has 2 aromatic rings. The summed E-state index contributed by atoms with van der Waals surface area (Å²) in [4.78, 5) is 64.3. The number of benzene rings is 1. The van der Waals surface area contributed by atoms with Crippen LogP contribution in [0.5, 0.6) is 0 Å². The number of aliphatic hydroxyl groups is 1. The number of ketones is 2.